The van der Waals surface area contributed by atoms with Gasteiger partial charge in [0.05, 0.1) is 16.8 Å². The van der Waals surface area contributed by atoms with Crippen LogP contribution in [0, 0.1) is 6.92 Å². The van der Waals surface area contributed by atoms with Crippen molar-refractivity contribution in [1.29, 1.82) is 0 Å². The van der Waals surface area contributed by atoms with Gasteiger partial charge in [0.25, 0.3) is 5.91 Å². The van der Waals surface area contributed by atoms with Gasteiger partial charge in [0.2, 0.25) is 5.91 Å². The van der Waals surface area contributed by atoms with Gasteiger partial charge in [-0.05, 0) is 59.6 Å². The highest BCUT2D eigenvalue weighted by Crippen LogP contribution is 2.26. The van der Waals surface area contributed by atoms with E-state index in [9.17, 15) is 9.59 Å². The number of amides is 2. The molecule has 0 bridgehead atoms. The highest BCUT2D eigenvalue weighted by atomic mass is 79.9. The Labute approximate surface area is 210 Å². The number of nitrogens with zero attached hydrogens (tertiary/aromatic N) is 3. The molecule has 2 amide bonds. The van der Waals surface area contributed by atoms with E-state index in [1.807, 2.05) is 36.6 Å². The number of hydrogen-bond donors (Lipinski definition) is 2. The molecule has 0 fully saturated rings. The monoisotopic (exact) mass is 547 g/mol. The maximum Gasteiger partial charge on any atom is 0.252 e. The van der Waals surface area contributed by atoms with Crippen molar-refractivity contribution in [2.75, 3.05) is 11.1 Å². The SMILES string of the molecule is C=CCn1c(SCC(=O)Nc2ccc(Br)c(Cl)c2)nnc1[C@H](C)NC(=O)c1ccccc1C. The molecule has 172 valence electrons. The molecule has 2 aromatic carbocycles. The van der Waals surface area contributed by atoms with Gasteiger partial charge in [-0.15, -0.1) is 16.8 Å². The van der Waals surface area contributed by atoms with Gasteiger partial charge < -0.3 is 15.2 Å². The minimum atomic E-state index is -0.391. The number of nitrogens with one attached hydrogen (secondary N) is 2. The molecule has 7 nitrogen and oxygen atoms in total. The first kappa shape index (κ1) is 25.0. The fourth-order valence-electron chi connectivity index (χ4n) is 3.10. The summed E-state index contributed by atoms with van der Waals surface area (Å²) in [6.07, 6.45) is 1.72. The Morgan fingerprint density at radius 3 is 2.73 bits per heavy atom. The number of benzene rings is 2. The summed E-state index contributed by atoms with van der Waals surface area (Å²) in [7, 11) is 0. The molecule has 3 aromatic rings. The van der Waals surface area contributed by atoms with Crippen LogP contribution in [-0.4, -0.2) is 32.3 Å². The first-order valence-corrected chi connectivity index (χ1v) is 12.2. The van der Waals surface area contributed by atoms with Crippen molar-refractivity contribution in [2.45, 2.75) is 31.6 Å². The Morgan fingerprint density at radius 1 is 1.27 bits per heavy atom. The number of allylic oxidation sites excluding steroid dienone is 1. The molecule has 1 aromatic heterocycles. The summed E-state index contributed by atoms with van der Waals surface area (Å²) < 4.78 is 2.59. The number of thioether (sulfide) groups is 1. The summed E-state index contributed by atoms with van der Waals surface area (Å²) in [4.78, 5) is 25.1. The fourth-order valence-corrected chi connectivity index (χ4v) is 4.28. The molecule has 0 radical (unpaired) electrons. The summed E-state index contributed by atoms with van der Waals surface area (Å²) >= 11 is 10.7. The van der Waals surface area contributed by atoms with Gasteiger partial charge in [-0.3, -0.25) is 9.59 Å². The third-order valence-corrected chi connectivity index (χ3v) is 6.92. The molecule has 33 heavy (non-hydrogen) atoms. The third kappa shape index (κ3) is 6.46. The molecular weight excluding hydrogens is 526 g/mol. The number of rotatable bonds is 9. The van der Waals surface area contributed by atoms with Crippen molar-refractivity contribution < 1.29 is 9.59 Å². The standard InChI is InChI=1S/C23H23BrClN5O2S/c1-4-11-30-21(15(3)26-22(32)17-8-6-5-7-14(17)2)28-29-23(30)33-13-20(31)27-16-9-10-18(24)19(25)12-16/h4-10,12,15H,1,11,13H2,2-3H3,(H,26,32)(H,27,31)/t15-/m0/s1. The van der Waals surface area contributed by atoms with E-state index >= 15 is 0 Å². The molecule has 0 spiro atoms. The Balaban J connectivity index is 1.67. The predicted octanol–water partition coefficient (Wildman–Crippen LogP) is 5.41. The lowest BCUT2D eigenvalue weighted by molar-refractivity contribution is -0.113. The normalized spacial score (nSPS) is 11.6. The molecule has 3 rings (SSSR count). The van der Waals surface area contributed by atoms with E-state index in [-0.39, 0.29) is 17.6 Å². The lowest BCUT2D eigenvalue weighted by atomic mass is 10.1. The number of carbonyl (C=O) groups is 2. The van der Waals surface area contributed by atoms with E-state index in [4.69, 9.17) is 11.6 Å². The van der Waals surface area contributed by atoms with E-state index < -0.39 is 6.04 Å². The van der Waals surface area contributed by atoms with E-state index in [2.05, 4.69) is 43.3 Å². The largest absolute Gasteiger partial charge is 0.342 e. The van der Waals surface area contributed by atoms with Gasteiger partial charge in [-0.2, -0.15) is 0 Å². The lowest BCUT2D eigenvalue weighted by Crippen LogP contribution is -2.29. The Bertz CT molecular complexity index is 1180. The zero-order chi connectivity index (χ0) is 24.0. The van der Waals surface area contributed by atoms with Crippen LogP contribution >= 0.6 is 39.3 Å². The van der Waals surface area contributed by atoms with E-state index in [0.717, 1.165) is 10.0 Å². The van der Waals surface area contributed by atoms with Gasteiger partial charge in [0.15, 0.2) is 11.0 Å². The first-order valence-electron chi connectivity index (χ1n) is 10.1. The topological polar surface area (TPSA) is 88.9 Å². The molecule has 0 saturated heterocycles. The van der Waals surface area contributed by atoms with Crippen LogP contribution < -0.4 is 10.6 Å². The van der Waals surface area contributed by atoms with Crippen molar-refractivity contribution in [3.05, 3.63) is 81.6 Å². The quantitative estimate of drug-likeness (QED) is 0.276. The first-order chi connectivity index (χ1) is 15.8. The average Bonchev–Trinajstić information content (AvgIpc) is 3.18. The second kappa shape index (κ2) is 11.5. The van der Waals surface area contributed by atoms with Gasteiger partial charge in [0, 0.05) is 22.3 Å². The summed E-state index contributed by atoms with van der Waals surface area (Å²) in [5, 5.41) is 15.3. The van der Waals surface area contributed by atoms with Crippen LogP contribution in [0.15, 0.2) is 64.7 Å². The van der Waals surface area contributed by atoms with Crippen LogP contribution in [0.25, 0.3) is 0 Å². The Morgan fingerprint density at radius 2 is 2.03 bits per heavy atom. The minimum Gasteiger partial charge on any atom is -0.342 e. The van der Waals surface area contributed by atoms with Gasteiger partial charge >= 0.3 is 0 Å². The smallest absolute Gasteiger partial charge is 0.252 e. The number of aromatic nitrogens is 3. The Hall–Kier alpha value is -2.62. The molecule has 0 aliphatic heterocycles. The number of anilines is 1. The van der Waals surface area contributed by atoms with E-state index in [1.54, 1.807) is 30.3 Å². The van der Waals surface area contributed by atoms with Crippen LogP contribution in [0.3, 0.4) is 0 Å². The van der Waals surface area contributed by atoms with Crippen LogP contribution in [0.4, 0.5) is 5.69 Å². The second-order valence-electron chi connectivity index (χ2n) is 7.22. The predicted molar refractivity (Wildman–Crippen MR) is 136 cm³/mol. The molecule has 0 unspecified atom stereocenters. The maximum absolute atomic E-state index is 12.7. The summed E-state index contributed by atoms with van der Waals surface area (Å²) in [5.41, 5.74) is 2.11. The third-order valence-electron chi connectivity index (χ3n) is 4.72. The van der Waals surface area contributed by atoms with E-state index in [0.29, 0.717) is 33.8 Å². The summed E-state index contributed by atoms with van der Waals surface area (Å²) in [6.45, 7) is 7.97. The van der Waals surface area contributed by atoms with E-state index in [1.165, 1.54) is 11.8 Å². The van der Waals surface area contributed by atoms with Crippen molar-refractivity contribution >= 4 is 56.8 Å². The molecule has 0 saturated carbocycles. The van der Waals surface area contributed by atoms with Gasteiger partial charge in [-0.25, -0.2) is 0 Å². The molecule has 1 heterocycles. The van der Waals surface area contributed by atoms with Crippen LogP contribution in [0.2, 0.25) is 5.02 Å². The van der Waals surface area contributed by atoms with Gasteiger partial charge in [-0.1, -0.05) is 47.6 Å². The van der Waals surface area contributed by atoms with Gasteiger partial charge in [0.1, 0.15) is 0 Å². The average molecular weight is 549 g/mol. The van der Waals surface area contributed by atoms with Crippen molar-refractivity contribution in [3.63, 3.8) is 0 Å². The van der Waals surface area contributed by atoms with Crippen LogP contribution in [0.5, 0.6) is 0 Å². The lowest BCUT2D eigenvalue weighted by Gasteiger charge is -2.16. The molecular formula is C23H23BrClN5O2S. The van der Waals surface area contributed by atoms with Crippen LogP contribution in [-0.2, 0) is 11.3 Å². The Kier molecular flexibility index (Phi) is 8.71. The second-order valence-corrected chi connectivity index (χ2v) is 9.42. The maximum atomic E-state index is 12.7. The zero-order valence-corrected chi connectivity index (χ0v) is 21.3. The summed E-state index contributed by atoms with van der Waals surface area (Å²) in [6, 6.07) is 12.2. The molecule has 2 N–H and O–H groups in total. The van der Waals surface area contributed by atoms with Crippen molar-refractivity contribution in [1.82, 2.24) is 20.1 Å². The fraction of sp³-hybridized carbons (Fsp3) is 0.217. The minimum absolute atomic E-state index is 0.132. The number of hydrogen-bond acceptors (Lipinski definition) is 5. The molecule has 0 aliphatic carbocycles. The number of halogens is 2. The molecule has 0 aliphatic rings. The highest BCUT2D eigenvalue weighted by Gasteiger charge is 2.21. The van der Waals surface area contributed by atoms with Crippen molar-refractivity contribution in [3.8, 4) is 0 Å². The summed E-state index contributed by atoms with van der Waals surface area (Å²) in [5.74, 6) is 0.330. The highest BCUT2D eigenvalue weighted by molar-refractivity contribution is 9.10. The molecule has 1 atom stereocenters. The number of aryl methyl sites for hydroxylation is 1. The molecule has 10 heteroatoms. The van der Waals surface area contributed by atoms with Crippen LogP contribution in [0.1, 0.15) is 34.7 Å². The number of carbonyl (C=O) groups excluding carboxylic acids is 2. The van der Waals surface area contributed by atoms with Crippen molar-refractivity contribution in [2.24, 2.45) is 0 Å². The zero-order valence-electron chi connectivity index (χ0n) is 18.1.